The van der Waals surface area contributed by atoms with Crippen LogP contribution < -0.4 is 4.72 Å². The number of sulfonamides is 1. The smallest absolute Gasteiger partial charge is 0.287 e. The molecule has 14 heteroatoms. The van der Waals surface area contributed by atoms with E-state index in [9.17, 15) is 34.8 Å². The minimum atomic E-state index is -4.90. The van der Waals surface area contributed by atoms with Gasteiger partial charge in [-0.1, -0.05) is 23.7 Å². The summed E-state index contributed by atoms with van der Waals surface area (Å²) in [5, 5.41) is -0.685. The van der Waals surface area contributed by atoms with Gasteiger partial charge in [0.25, 0.3) is 10.0 Å². The van der Waals surface area contributed by atoms with Gasteiger partial charge in [-0.3, -0.25) is 9.52 Å². The number of nitrogens with zero attached hydrogens (tertiary/aromatic N) is 1. The first kappa shape index (κ1) is 26.4. The van der Waals surface area contributed by atoms with Gasteiger partial charge >= 0.3 is 6.18 Å². The Bertz CT molecular complexity index is 1510. The number of pyridine rings is 1. The number of rotatable bonds is 6. The van der Waals surface area contributed by atoms with Gasteiger partial charge in [0.2, 0.25) is 5.78 Å². The quantitative estimate of drug-likeness (QED) is 0.305. The average molecular weight is 645 g/mol. The highest BCUT2D eigenvalue weighted by Crippen LogP contribution is 2.36. The van der Waals surface area contributed by atoms with E-state index in [1.165, 1.54) is 36.5 Å². The van der Waals surface area contributed by atoms with Crippen molar-refractivity contribution >= 4 is 65.5 Å². The highest BCUT2D eigenvalue weighted by atomic mass is 127. The second kappa shape index (κ2) is 9.43. The van der Waals surface area contributed by atoms with E-state index >= 15 is 0 Å². The first-order valence-corrected chi connectivity index (χ1v) is 13.8. The topological polar surface area (TPSA) is 110 Å². The summed E-state index contributed by atoms with van der Waals surface area (Å²) in [5.74, 6) is -0.901. The molecule has 0 aliphatic heterocycles. The summed E-state index contributed by atoms with van der Waals surface area (Å²) >= 11 is 7.35. The molecule has 3 aromatic rings. The molecule has 0 spiro atoms. The van der Waals surface area contributed by atoms with Gasteiger partial charge in [-0.2, -0.15) is 13.2 Å². The molecule has 2 aromatic carbocycles. The summed E-state index contributed by atoms with van der Waals surface area (Å²) in [4.78, 5) is 16.1. The predicted octanol–water partition coefficient (Wildman–Crippen LogP) is 4.79. The predicted molar refractivity (Wildman–Crippen MR) is 127 cm³/mol. The molecule has 0 radical (unpaired) electrons. The SMILES string of the molecule is CS(=O)(=O)c1ccccc1C(=O)c1ncc(I)cc1NS(=O)(=O)c1ccc(Cl)c(C(F)(F)F)c1. The normalized spacial score (nSPS) is 12.4. The second-order valence-corrected chi connectivity index (χ2v) is 12.2. The van der Waals surface area contributed by atoms with Crippen LogP contribution in [0.1, 0.15) is 21.6 Å². The summed E-state index contributed by atoms with van der Waals surface area (Å²) in [6.45, 7) is 0. The molecule has 3 rings (SSSR count). The van der Waals surface area contributed by atoms with Gasteiger partial charge < -0.3 is 0 Å². The molecule has 34 heavy (non-hydrogen) atoms. The van der Waals surface area contributed by atoms with Crippen molar-refractivity contribution in [2.24, 2.45) is 0 Å². The van der Waals surface area contributed by atoms with Crippen LogP contribution >= 0.6 is 34.2 Å². The number of hydrogen-bond donors (Lipinski definition) is 1. The summed E-state index contributed by atoms with van der Waals surface area (Å²) in [7, 11) is -8.45. The van der Waals surface area contributed by atoms with E-state index < -0.39 is 53.0 Å². The fourth-order valence-corrected chi connectivity index (χ4v) is 5.54. The lowest BCUT2D eigenvalue weighted by Gasteiger charge is -2.15. The number of sulfone groups is 1. The van der Waals surface area contributed by atoms with E-state index in [-0.39, 0.29) is 16.1 Å². The molecule has 0 aliphatic carbocycles. The summed E-state index contributed by atoms with van der Waals surface area (Å²) < 4.78 is 92.0. The summed E-state index contributed by atoms with van der Waals surface area (Å²) in [6.07, 6.45) is -2.75. The minimum Gasteiger partial charge on any atom is -0.287 e. The Balaban J connectivity index is 2.11. The fourth-order valence-electron chi connectivity index (χ4n) is 2.90. The van der Waals surface area contributed by atoms with Crippen LogP contribution in [0.4, 0.5) is 18.9 Å². The van der Waals surface area contributed by atoms with Gasteiger partial charge in [0, 0.05) is 21.6 Å². The first-order valence-electron chi connectivity index (χ1n) is 9.00. The molecule has 0 atom stereocenters. The van der Waals surface area contributed by atoms with Crippen molar-refractivity contribution in [2.75, 3.05) is 11.0 Å². The van der Waals surface area contributed by atoms with Crippen LogP contribution in [-0.4, -0.2) is 33.9 Å². The Morgan fingerprint density at radius 1 is 1.06 bits per heavy atom. The number of nitrogens with one attached hydrogen (secondary N) is 1. The number of hydrogen-bond acceptors (Lipinski definition) is 6. The van der Waals surface area contributed by atoms with Gasteiger partial charge in [0.05, 0.1) is 26.1 Å². The number of carbonyl (C=O) groups is 1. The van der Waals surface area contributed by atoms with E-state index in [4.69, 9.17) is 11.6 Å². The Morgan fingerprint density at radius 3 is 2.32 bits per heavy atom. The molecule has 7 nitrogen and oxygen atoms in total. The van der Waals surface area contributed by atoms with E-state index in [2.05, 4.69) is 9.71 Å². The fraction of sp³-hybridized carbons (Fsp3) is 0.100. The largest absolute Gasteiger partial charge is 0.417 e. The third-order valence-corrected chi connectivity index (χ3v) is 7.84. The summed E-state index contributed by atoms with van der Waals surface area (Å²) in [5.41, 5.74) is -2.38. The Kier molecular flexibility index (Phi) is 7.32. The van der Waals surface area contributed by atoms with E-state index in [0.29, 0.717) is 9.64 Å². The van der Waals surface area contributed by atoms with Gasteiger partial charge in [-0.05, 0) is 59.0 Å². The number of halogens is 5. The molecule has 0 saturated carbocycles. The zero-order valence-electron chi connectivity index (χ0n) is 16.9. The van der Waals surface area contributed by atoms with Crippen LogP contribution in [0.25, 0.3) is 0 Å². The van der Waals surface area contributed by atoms with Crippen molar-refractivity contribution < 1.29 is 34.8 Å². The molecule has 1 aromatic heterocycles. The molecular weight excluding hydrogens is 632 g/mol. The van der Waals surface area contributed by atoms with Crippen molar-refractivity contribution in [1.82, 2.24) is 4.98 Å². The Morgan fingerprint density at radius 2 is 1.71 bits per heavy atom. The molecular formula is C20H13ClF3IN2O5S2. The standard InChI is InChI=1S/C20H13ClF3IN2O5S2/c1-33(29,30)17-5-3-2-4-13(17)19(28)18-16(8-11(25)10-26-18)27-34(31,32)12-6-7-15(21)14(9-12)20(22,23)24/h2-10,27H,1H3. The minimum absolute atomic E-state index is 0.245. The van der Waals surface area contributed by atoms with Crippen molar-refractivity contribution in [1.29, 1.82) is 0 Å². The number of carbonyl (C=O) groups excluding carboxylic acids is 1. The highest BCUT2D eigenvalue weighted by Gasteiger charge is 2.35. The highest BCUT2D eigenvalue weighted by molar-refractivity contribution is 14.1. The lowest BCUT2D eigenvalue weighted by Crippen LogP contribution is -2.19. The Hall–Kier alpha value is -2.23. The monoisotopic (exact) mass is 644 g/mol. The van der Waals surface area contributed by atoms with Crippen molar-refractivity contribution in [2.45, 2.75) is 16.0 Å². The second-order valence-electron chi connectivity index (χ2n) is 6.89. The Labute approximate surface area is 211 Å². The lowest BCUT2D eigenvalue weighted by atomic mass is 10.1. The zero-order chi connectivity index (χ0) is 25.5. The molecule has 0 aliphatic rings. The molecule has 0 bridgehead atoms. The first-order chi connectivity index (χ1) is 15.6. The number of benzene rings is 2. The van der Waals surface area contributed by atoms with Gasteiger partial charge in [0.15, 0.2) is 9.84 Å². The van der Waals surface area contributed by atoms with E-state index in [1.54, 1.807) is 22.6 Å². The molecule has 1 N–H and O–H groups in total. The third kappa shape index (κ3) is 5.70. The summed E-state index contributed by atoms with van der Waals surface area (Å²) in [6, 6.07) is 8.56. The molecule has 0 fully saturated rings. The van der Waals surface area contributed by atoms with Crippen LogP contribution in [0.3, 0.4) is 0 Å². The lowest BCUT2D eigenvalue weighted by molar-refractivity contribution is -0.137. The molecule has 1 heterocycles. The molecule has 180 valence electrons. The number of aromatic nitrogens is 1. The van der Waals surface area contributed by atoms with E-state index in [0.717, 1.165) is 18.4 Å². The van der Waals surface area contributed by atoms with E-state index in [1.807, 2.05) is 0 Å². The maximum Gasteiger partial charge on any atom is 0.417 e. The number of ketones is 1. The molecule has 0 saturated heterocycles. The van der Waals surface area contributed by atoms with Crippen molar-refractivity contribution in [3.05, 3.63) is 80.1 Å². The van der Waals surface area contributed by atoms with Crippen LogP contribution in [0.2, 0.25) is 5.02 Å². The molecule has 0 unspecified atom stereocenters. The average Bonchev–Trinajstić information content (AvgIpc) is 2.72. The van der Waals surface area contributed by atoms with Gasteiger partial charge in [0.1, 0.15) is 5.69 Å². The molecule has 0 amide bonds. The number of anilines is 1. The maximum absolute atomic E-state index is 13.2. The van der Waals surface area contributed by atoms with Crippen molar-refractivity contribution in [3.8, 4) is 0 Å². The van der Waals surface area contributed by atoms with Gasteiger partial charge in [-0.15, -0.1) is 0 Å². The van der Waals surface area contributed by atoms with Crippen LogP contribution in [0.5, 0.6) is 0 Å². The third-order valence-electron chi connectivity index (χ3n) is 4.40. The number of alkyl halides is 3. The van der Waals surface area contributed by atoms with Crippen LogP contribution in [0.15, 0.2) is 64.5 Å². The zero-order valence-corrected chi connectivity index (χ0v) is 21.4. The van der Waals surface area contributed by atoms with Crippen LogP contribution in [0, 0.1) is 3.57 Å². The van der Waals surface area contributed by atoms with Gasteiger partial charge in [-0.25, -0.2) is 21.8 Å². The maximum atomic E-state index is 13.2. The van der Waals surface area contributed by atoms with Crippen LogP contribution in [-0.2, 0) is 26.0 Å². The van der Waals surface area contributed by atoms with Crippen molar-refractivity contribution in [3.63, 3.8) is 0 Å².